The van der Waals surface area contributed by atoms with Gasteiger partial charge in [0.2, 0.25) is 10.0 Å². The van der Waals surface area contributed by atoms with E-state index in [1.54, 1.807) is 13.8 Å². The molecule has 0 unspecified atom stereocenters. The van der Waals surface area contributed by atoms with Gasteiger partial charge in [0.15, 0.2) is 0 Å². The molecule has 0 spiro atoms. The molecular formula is C12H16Cl3NO3S. The molecule has 8 heteroatoms. The standard InChI is InChI=1S/C12H16Cl3NO3S/c1-3-12(4-2,7-17)16-20(18,19)11-9(14)5-8(13)6-10(11)15/h5-6,16-17H,3-4,7H2,1-2H3. The van der Waals surface area contributed by atoms with Crippen LogP contribution in [0.1, 0.15) is 26.7 Å². The van der Waals surface area contributed by atoms with Crippen molar-refractivity contribution in [2.75, 3.05) is 6.61 Å². The lowest BCUT2D eigenvalue weighted by Gasteiger charge is -2.30. The lowest BCUT2D eigenvalue weighted by Crippen LogP contribution is -2.50. The molecule has 114 valence electrons. The molecule has 0 radical (unpaired) electrons. The largest absolute Gasteiger partial charge is 0.394 e. The van der Waals surface area contributed by atoms with E-state index in [9.17, 15) is 13.5 Å². The van der Waals surface area contributed by atoms with Gasteiger partial charge in [0.1, 0.15) is 4.90 Å². The second kappa shape index (κ2) is 6.81. The van der Waals surface area contributed by atoms with Crippen LogP contribution in [0.3, 0.4) is 0 Å². The lowest BCUT2D eigenvalue weighted by atomic mass is 9.96. The van der Waals surface area contributed by atoms with Gasteiger partial charge < -0.3 is 5.11 Å². The van der Waals surface area contributed by atoms with Gasteiger partial charge in [-0.3, -0.25) is 0 Å². The van der Waals surface area contributed by atoms with E-state index in [1.807, 2.05) is 0 Å². The Labute approximate surface area is 134 Å². The van der Waals surface area contributed by atoms with E-state index in [2.05, 4.69) is 4.72 Å². The minimum absolute atomic E-state index is 0.0611. The molecule has 1 rings (SSSR count). The molecule has 1 aromatic rings. The predicted octanol–water partition coefficient (Wildman–Crippen LogP) is 3.48. The van der Waals surface area contributed by atoms with Gasteiger partial charge >= 0.3 is 0 Å². The average Bonchev–Trinajstić information content (AvgIpc) is 2.34. The normalized spacial score (nSPS) is 12.7. The van der Waals surface area contributed by atoms with Crippen LogP contribution in [0, 0.1) is 0 Å². The molecule has 20 heavy (non-hydrogen) atoms. The minimum Gasteiger partial charge on any atom is -0.394 e. The molecule has 0 bridgehead atoms. The number of aliphatic hydroxyl groups excluding tert-OH is 1. The first kappa shape index (κ1) is 18.0. The SMILES string of the molecule is CCC(CC)(CO)NS(=O)(=O)c1c(Cl)cc(Cl)cc1Cl. The Morgan fingerprint density at radius 2 is 1.60 bits per heavy atom. The fourth-order valence-electron chi connectivity index (χ4n) is 1.77. The van der Waals surface area contributed by atoms with Crippen molar-refractivity contribution >= 4 is 44.8 Å². The second-order valence-electron chi connectivity index (χ2n) is 4.45. The molecule has 4 nitrogen and oxygen atoms in total. The minimum atomic E-state index is -3.96. The summed E-state index contributed by atoms with van der Waals surface area (Å²) in [6, 6.07) is 2.62. The molecule has 0 saturated carbocycles. The Balaban J connectivity index is 3.32. The highest BCUT2D eigenvalue weighted by molar-refractivity contribution is 7.89. The van der Waals surface area contributed by atoms with Gasteiger partial charge in [-0.1, -0.05) is 48.7 Å². The monoisotopic (exact) mass is 359 g/mol. The smallest absolute Gasteiger partial charge is 0.244 e. The number of nitrogens with one attached hydrogen (secondary N) is 1. The summed E-state index contributed by atoms with van der Waals surface area (Å²) in [5.41, 5.74) is -0.939. The van der Waals surface area contributed by atoms with Crippen LogP contribution in [-0.4, -0.2) is 25.7 Å². The molecule has 0 aliphatic carbocycles. The number of aliphatic hydroxyl groups is 1. The number of sulfonamides is 1. The highest BCUT2D eigenvalue weighted by Gasteiger charge is 2.33. The van der Waals surface area contributed by atoms with E-state index in [-0.39, 0.29) is 26.6 Å². The summed E-state index contributed by atoms with van der Waals surface area (Å²) in [5.74, 6) is 0. The summed E-state index contributed by atoms with van der Waals surface area (Å²) in [7, 11) is -3.96. The van der Waals surface area contributed by atoms with Crippen molar-refractivity contribution in [3.63, 3.8) is 0 Å². The van der Waals surface area contributed by atoms with Gasteiger partial charge in [-0.15, -0.1) is 0 Å². The predicted molar refractivity (Wildman–Crippen MR) is 82.2 cm³/mol. The van der Waals surface area contributed by atoms with Crippen LogP contribution in [0.15, 0.2) is 17.0 Å². The molecule has 0 aromatic heterocycles. The molecule has 0 amide bonds. The van der Waals surface area contributed by atoms with Crippen LogP contribution in [-0.2, 0) is 10.0 Å². The highest BCUT2D eigenvalue weighted by atomic mass is 35.5. The summed E-state index contributed by atoms with van der Waals surface area (Å²) in [5, 5.41) is 9.58. The van der Waals surface area contributed by atoms with Gasteiger partial charge in [0, 0.05) is 5.02 Å². The number of rotatable bonds is 6. The van der Waals surface area contributed by atoms with Crippen LogP contribution in [0.2, 0.25) is 15.1 Å². The van der Waals surface area contributed by atoms with Crippen molar-refractivity contribution in [2.45, 2.75) is 37.1 Å². The number of hydrogen-bond donors (Lipinski definition) is 2. The zero-order valence-electron chi connectivity index (χ0n) is 11.1. The van der Waals surface area contributed by atoms with Crippen LogP contribution in [0.4, 0.5) is 0 Å². The Kier molecular flexibility index (Phi) is 6.14. The van der Waals surface area contributed by atoms with Crippen molar-refractivity contribution in [2.24, 2.45) is 0 Å². The van der Waals surface area contributed by atoms with Crippen molar-refractivity contribution in [1.29, 1.82) is 0 Å². The molecule has 0 heterocycles. The third-order valence-corrected chi connectivity index (χ3v) is 5.96. The maximum Gasteiger partial charge on any atom is 0.244 e. The summed E-state index contributed by atoms with van der Waals surface area (Å²) in [6.07, 6.45) is 0.865. The highest BCUT2D eigenvalue weighted by Crippen LogP contribution is 2.33. The second-order valence-corrected chi connectivity index (χ2v) is 7.32. The molecule has 0 saturated heterocycles. The maximum absolute atomic E-state index is 12.4. The quantitative estimate of drug-likeness (QED) is 0.816. The summed E-state index contributed by atoms with van der Waals surface area (Å²) in [4.78, 5) is -0.232. The van der Waals surface area contributed by atoms with Gasteiger partial charge in [-0.2, -0.15) is 0 Å². The van der Waals surface area contributed by atoms with E-state index in [0.29, 0.717) is 12.8 Å². The first-order valence-corrected chi connectivity index (χ1v) is 8.62. The molecule has 0 aliphatic rings. The van der Waals surface area contributed by atoms with Crippen molar-refractivity contribution in [1.82, 2.24) is 4.72 Å². The van der Waals surface area contributed by atoms with E-state index in [4.69, 9.17) is 34.8 Å². The molecule has 1 aromatic carbocycles. The fourth-order valence-corrected chi connectivity index (χ4v) is 4.85. The van der Waals surface area contributed by atoms with Crippen LogP contribution < -0.4 is 4.72 Å². The van der Waals surface area contributed by atoms with E-state index < -0.39 is 15.6 Å². The fraction of sp³-hybridized carbons (Fsp3) is 0.500. The van der Waals surface area contributed by atoms with E-state index >= 15 is 0 Å². The van der Waals surface area contributed by atoms with Crippen LogP contribution in [0.25, 0.3) is 0 Å². The Morgan fingerprint density at radius 3 is 1.95 bits per heavy atom. The van der Waals surface area contributed by atoms with E-state index in [1.165, 1.54) is 12.1 Å². The maximum atomic E-state index is 12.4. The molecular weight excluding hydrogens is 345 g/mol. The van der Waals surface area contributed by atoms with Gasteiger partial charge in [0.25, 0.3) is 0 Å². The van der Waals surface area contributed by atoms with Crippen molar-refractivity contribution in [3.05, 3.63) is 27.2 Å². The summed E-state index contributed by atoms with van der Waals surface area (Å²) < 4.78 is 27.4. The third kappa shape index (κ3) is 3.78. The molecule has 0 fully saturated rings. The number of hydrogen-bond acceptors (Lipinski definition) is 3. The van der Waals surface area contributed by atoms with E-state index in [0.717, 1.165) is 0 Å². The Hall–Kier alpha value is -0.0400. The first-order chi connectivity index (χ1) is 9.21. The summed E-state index contributed by atoms with van der Waals surface area (Å²) >= 11 is 17.6. The molecule has 2 N–H and O–H groups in total. The summed E-state index contributed by atoms with van der Waals surface area (Å²) in [6.45, 7) is 3.25. The molecule has 0 aliphatic heterocycles. The zero-order chi connectivity index (χ0) is 15.6. The van der Waals surface area contributed by atoms with Crippen LogP contribution >= 0.6 is 34.8 Å². The number of benzene rings is 1. The first-order valence-electron chi connectivity index (χ1n) is 6.00. The zero-order valence-corrected chi connectivity index (χ0v) is 14.2. The van der Waals surface area contributed by atoms with Gasteiger partial charge in [0.05, 0.1) is 22.2 Å². The third-order valence-electron chi connectivity index (χ3n) is 3.24. The van der Waals surface area contributed by atoms with Crippen molar-refractivity contribution in [3.8, 4) is 0 Å². The molecule has 0 atom stereocenters. The average molecular weight is 361 g/mol. The lowest BCUT2D eigenvalue weighted by molar-refractivity contribution is 0.172. The topological polar surface area (TPSA) is 66.4 Å². The van der Waals surface area contributed by atoms with Gasteiger partial charge in [-0.05, 0) is 25.0 Å². The van der Waals surface area contributed by atoms with Crippen molar-refractivity contribution < 1.29 is 13.5 Å². The Bertz CT molecular complexity index is 554. The Morgan fingerprint density at radius 1 is 1.15 bits per heavy atom. The van der Waals surface area contributed by atoms with Gasteiger partial charge in [-0.25, -0.2) is 13.1 Å². The van der Waals surface area contributed by atoms with Crippen LogP contribution in [0.5, 0.6) is 0 Å². The number of halogens is 3.